The van der Waals surface area contributed by atoms with Crippen LogP contribution in [0.4, 0.5) is 0 Å². The molecule has 0 amide bonds. The summed E-state index contributed by atoms with van der Waals surface area (Å²) in [5, 5.41) is 0. The molecule has 2 rings (SSSR count). The Morgan fingerprint density at radius 2 is 2.23 bits per heavy atom. The summed E-state index contributed by atoms with van der Waals surface area (Å²) in [4.78, 5) is 6.26. The van der Waals surface area contributed by atoms with E-state index < -0.39 is 10.1 Å². The second kappa shape index (κ2) is 2.54. The Hall–Kier alpha value is -1.40. The predicted octanol–water partition coefficient (Wildman–Crippen LogP) is 0.610. The van der Waals surface area contributed by atoms with Gasteiger partial charge in [0.15, 0.2) is 6.33 Å². The maximum atomic E-state index is 10.7. The first-order valence-corrected chi connectivity index (χ1v) is 4.85. The summed E-state index contributed by atoms with van der Waals surface area (Å²) in [6, 6.07) is 4.09. The molecule has 2 aromatic rings. The molecule has 1 heterocycles. The van der Waals surface area contributed by atoms with E-state index in [1.54, 1.807) is 0 Å². The number of aromatic amines is 1. The van der Waals surface area contributed by atoms with Crippen molar-refractivity contribution in [2.45, 2.75) is 4.90 Å². The van der Waals surface area contributed by atoms with Crippen LogP contribution in [-0.4, -0.2) is 22.9 Å². The second-order valence-electron chi connectivity index (χ2n) is 2.50. The van der Waals surface area contributed by atoms with Gasteiger partial charge in [0.25, 0.3) is 10.1 Å². The number of H-pyrrole nitrogens is 1. The highest BCUT2D eigenvalue weighted by atomic mass is 32.2. The van der Waals surface area contributed by atoms with Crippen LogP contribution in [0.3, 0.4) is 0 Å². The molecule has 67 valence electrons. The van der Waals surface area contributed by atoms with Crippen LogP contribution in [0.5, 0.6) is 0 Å². The van der Waals surface area contributed by atoms with Crippen molar-refractivity contribution >= 4 is 21.2 Å². The Labute approximate surface area is 74.2 Å². The van der Waals surface area contributed by atoms with E-state index in [0.717, 1.165) is 0 Å². The van der Waals surface area contributed by atoms with Gasteiger partial charge in [0.05, 0.1) is 15.9 Å². The van der Waals surface area contributed by atoms with Crippen molar-refractivity contribution in [3.63, 3.8) is 0 Å². The molecule has 1 aromatic carbocycles. The fraction of sp³-hybridized carbons (Fsp3) is 0. The fourth-order valence-electron chi connectivity index (χ4n) is 1.02. The molecule has 0 atom stereocenters. The summed E-state index contributed by atoms with van der Waals surface area (Å²) in [5.74, 6) is 0. The lowest BCUT2D eigenvalue weighted by atomic mass is 10.3. The molecule has 6 heteroatoms. The van der Waals surface area contributed by atoms with Crippen molar-refractivity contribution in [2.75, 3.05) is 0 Å². The largest absolute Gasteiger partial charge is 0.335 e. The fourth-order valence-corrected chi connectivity index (χ4v) is 1.52. The molecule has 0 unspecified atom stereocenters. The minimum absolute atomic E-state index is 0.166. The summed E-state index contributed by atoms with van der Waals surface area (Å²) >= 11 is 0. The molecule has 0 aliphatic heterocycles. The molecule has 0 aliphatic carbocycles. The molecular weight excluding hydrogens is 192 g/mol. The lowest BCUT2D eigenvalue weighted by Gasteiger charge is -1.94. The monoisotopic (exact) mass is 197 g/mol. The Balaban J connectivity index is 2.75. The number of hydrogen-bond donors (Lipinski definition) is 2. The number of rotatable bonds is 1. The lowest BCUT2D eigenvalue weighted by molar-refractivity contribution is 0.483. The first kappa shape index (κ1) is 8.21. The normalized spacial score (nSPS) is 12.1. The van der Waals surface area contributed by atoms with E-state index in [1.807, 2.05) is 0 Å². The van der Waals surface area contributed by atoms with Gasteiger partial charge in [-0.15, -0.1) is 0 Å². The van der Waals surface area contributed by atoms with Crippen LogP contribution >= 0.6 is 0 Å². The lowest BCUT2D eigenvalue weighted by Crippen LogP contribution is -1.97. The molecule has 1 radical (unpaired) electrons. The smallest absolute Gasteiger partial charge is 0.294 e. The minimum Gasteiger partial charge on any atom is -0.335 e. The Bertz CT molecular complexity index is 544. The summed E-state index contributed by atoms with van der Waals surface area (Å²) in [7, 11) is -4.14. The van der Waals surface area contributed by atoms with Crippen LogP contribution in [0.15, 0.2) is 23.1 Å². The van der Waals surface area contributed by atoms with Crippen molar-refractivity contribution < 1.29 is 13.0 Å². The molecule has 0 aliphatic rings. The Morgan fingerprint density at radius 3 is 2.92 bits per heavy atom. The molecule has 5 nitrogen and oxygen atoms in total. The van der Waals surface area contributed by atoms with E-state index >= 15 is 0 Å². The zero-order valence-electron chi connectivity index (χ0n) is 6.35. The van der Waals surface area contributed by atoms with Gasteiger partial charge >= 0.3 is 0 Å². The van der Waals surface area contributed by atoms with Crippen LogP contribution in [0.1, 0.15) is 0 Å². The average Bonchev–Trinajstić information content (AvgIpc) is 2.47. The van der Waals surface area contributed by atoms with Crippen LogP contribution in [0.25, 0.3) is 11.0 Å². The standard InChI is InChI=1S/C7H5N2O3S/c10-13(11,12)5-1-2-6-7(3-5)9-4-8-6/h1-3H,(H,8,9)(H,10,11,12). The number of nitrogens with zero attached hydrogens (tertiary/aromatic N) is 1. The molecule has 0 spiro atoms. The maximum absolute atomic E-state index is 10.7. The molecule has 0 bridgehead atoms. The van der Waals surface area contributed by atoms with Crippen molar-refractivity contribution in [1.82, 2.24) is 9.97 Å². The number of aromatic nitrogens is 2. The highest BCUT2D eigenvalue weighted by molar-refractivity contribution is 7.85. The molecule has 0 saturated carbocycles. The predicted molar refractivity (Wildman–Crippen MR) is 44.7 cm³/mol. The van der Waals surface area contributed by atoms with Gasteiger partial charge in [-0.05, 0) is 18.2 Å². The number of nitrogens with one attached hydrogen (secondary N) is 1. The van der Waals surface area contributed by atoms with Crippen molar-refractivity contribution in [1.29, 1.82) is 0 Å². The average molecular weight is 197 g/mol. The van der Waals surface area contributed by atoms with Gasteiger partial charge in [-0.2, -0.15) is 8.42 Å². The van der Waals surface area contributed by atoms with Gasteiger partial charge in [-0.3, -0.25) is 4.55 Å². The van der Waals surface area contributed by atoms with Crippen LogP contribution in [0.2, 0.25) is 0 Å². The van der Waals surface area contributed by atoms with E-state index in [2.05, 4.69) is 16.3 Å². The first-order valence-electron chi connectivity index (χ1n) is 3.41. The number of benzene rings is 1. The van der Waals surface area contributed by atoms with Gasteiger partial charge in [-0.25, -0.2) is 4.98 Å². The first-order chi connectivity index (χ1) is 6.07. The van der Waals surface area contributed by atoms with Gasteiger partial charge < -0.3 is 4.98 Å². The minimum atomic E-state index is -4.14. The zero-order chi connectivity index (χ0) is 9.47. The van der Waals surface area contributed by atoms with Gasteiger partial charge in [0.2, 0.25) is 0 Å². The van der Waals surface area contributed by atoms with E-state index in [0.29, 0.717) is 11.0 Å². The van der Waals surface area contributed by atoms with E-state index in [-0.39, 0.29) is 4.90 Å². The third kappa shape index (κ3) is 1.41. The van der Waals surface area contributed by atoms with Crippen molar-refractivity contribution in [3.05, 3.63) is 24.5 Å². The summed E-state index contributed by atoms with van der Waals surface area (Å²) in [5.41, 5.74) is 1.13. The molecule has 0 fully saturated rings. The van der Waals surface area contributed by atoms with Crippen molar-refractivity contribution in [3.8, 4) is 0 Å². The number of imidazole rings is 1. The molecule has 13 heavy (non-hydrogen) atoms. The summed E-state index contributed by atoms with van der Waals surface area (Å²) < 4.78 is 30.1. The Kier molecular flexibility index (Phi) is 1.61. The number of hydrogen-bond acceptors (Lipinski definition) is 3. The van der Waals surface area contributed by atoms with Gasteiger partial charge in [0.1, 0.15) is 0 Å². The second-order valence-corrected chi connectivity index (χ2v) is 3.92. The van der Waals surface area contributed by atoms with Gasteiger partial charge in [0, 0.05) is 0 Å². The molecule has 2 N–H and O–H groups in total. The van der Waals surface area contributed by atoms with Crippen LogP contribution in [-0.2, 0) is 10.1 Å². The summed E-state index contributed by atoms with van der Waals surface area (Å²) in [6.07, 6.45) is 2.46. The number of fused-ring (bicyclic) bond motifs is 1. The van der Waals surface area contributed by atoms with Crippen molar-refractivity contribution in [2.24, 2.45) is 0 Å². The van der Waals surface area contributed by atoms with E-state index in [4.69, 9.17) is 4.55 Å². The Morgan fingerprint density at radius 1 is 1.46 bits per heavy atom. The maximum Gasteiger partial charge on any atom is 0.294 e. The molecular formula is C7H5N2O3S. The molecule has 0 saturated heterocycles. The van der Waals surface area contributed by atoms with E-state index in [1.165, 1.54) is 18.2 Å². The quantitative estimate of drug-likeness (QED) is 0.656. The highest BCUT2D eigenvalue weighted by Crippen LogP contribution is 2.14. The highest BCUT2D eigenvalue weighted by Gasteiger charge is 2.10. The van der Waals surface area contributed by atoms with Gasteiger partial charge in [-0.1, -0.05) is 0 Å². The zero-order valence-corrected chi connectivity index (χ0v) is 7.17. The third-order valence-corrected chi connectivity index (χ3v) is 2.48. The van der Waals surface area contributed by atoms with E-state index in [9.17, 15) is 8.42 Å². The molecule has 1 aromatic heterocycles. The topological polar surface area (TPSA) is 83.0 Å². The van der Waals surface area contributed by atoms with Crippen LogP contribution in [0, 0.1) is 6.33 Å². The third-order valence-electron chi connectivity index (χ3n) is 1.63. The van der Waals surface area contributed by atoms with Crippen LogP contribution < -0.4 is 0 Å². The summed E-state index contributed by atoms with van der Waals surface area (Å²) in [6.45, 7) is 0. The SMILES string of the molecule is O=S(=O)(O)c1ccc2[nH][c]nc2c1.